The fraction of sp³-hybridized carbons (Fsp3) is 0.733. The summed E-state index contributed by atoms with van der Waals surface area (Å²) < 4.78 is 15.9. The molecule has 4 unspecified atom stereocenters. The van der Waals surface area contributed by atoms with Crippen LogP contribution in [0.4, 0.5) is 4.79 Å². The quantitative estimate of drug-likeness (QED) is 0.728. The second-order valence-electron chi connectivity index (χ2n) is 6.03. The van der Waals surface area contributed by atoms with Gasteiger partial charge in [0.25, 0.3) is 0 Å². The highest BCUT2D eigenvalue weighted by Crippen LogP contribution is 2.46. The van der Waals surface area contributed by atoms with Crippen LogP contribution in [0.3, 0.4) is 0 Å². The van der Waals surface area contributed by atoms with E-state index in [-0.39, 0.29) is 23.9 Å². The molecule has 0 spiro atoms. The molecule has 0 aromatic heterocycles. The summed E-state index contributed by atoms with van der Waals surface area (Å²) in [5.74, 6) is 0.0638. The van der Waals surface area contributed by atoms with E-state index in [2.05, 4.69) is 6.92 Å². The Hall–Kier alpha value is -1.72. The first kappa shape index (κ1) is 14.2. The van der Waals surface area contributed by atoms with E-state index < -0.39 is 6.29 Å². The highest BCUT2D eigenvalue weighted by Gasteiger charge is 2.48. The number of hydrogen-bond donors (Lipinski definition) is 0. The van der Waals surface area contributed by atoms with Crippen molar-refractivity contribution in [3.8, 4) is 0 Å². The predicted molar refractivity (Wildman–Crippen MR) is 73.0 cm³/mol. The molecule has 0 radical (unpaired) electrons. The zero-order valence-corrected chi connectivity index (χ0v) is 12.4. The molecular formula is C15H21NO5. The van der Waals surface area contributed by atoms with E-state index in [4.69, 9.17) is 14.2 Å². The van der Waals surface area contributed by atoms with E-state index in [1.165, 1.54) is 13.4 Å². The second kappa shape index (κ2) is 5.58. The molecule has 21 heavy (non-hydrogen) atoms. The van der Waals surface area contributed by atoms with Gasteiger partial charge in [-0.1, -0.05) is 6.92 Å². The maximum Gasteiger partial charge on any atom is 0.412 e. The van der Waals surface area contributed by atoms with Crippen LogP contribution in [-0.4, -0.2) is 43.5 Å². The molecule has 1 saturated carbocycles. The van der Waals surface area contributed by atoms with Crippen LogP contribution in [0, 0.1) is 17.8 Å². The average Bonchev–Trinajstić information content (AvgIpc) is 2.79. The Kier molecular flexibility index (Phi) is 3.78. The van der Waals surface area contributed by atoms with E-state index in [9.17, 15) is 9.59 Å². The minimum atomic E-state index is -0.603. The first-order valence-electron chi connectivity index (χ1n) is 7.51. The van der Waals surface area contributed by atoms with Crippen LogP contribution in [0.2, 0.25) is 0 Å². The maximum atomic E-state index is 12.0. The van der Waals surface area contributed by atoms with Gasteiger partial charge in [-0.25, -0.2) is 9.59 Å². The van der Waals surface area contributed by atoms with Crippen molar-refractivity contribution in [2.24, 2.45) is 17.8 Å². The van der Waals surface area contributed by atoms with Gasteiger partial charge in [-0.2, -0.15) is 0 Å². The van der Waals surface area contributed by atoms with E-state index in [1.807, 2.05) is 0 Å². The first-order valence-corrected chi connectivity index (χ1v) is 7.51. The third-order valence-corrected chi connectivity index (χ3v) is 4.85. The van der Waals surface area contributed by atoms with Gasteiger partial charge in [0.15, 0.2) is 0 Å². The van der Waals surface area contributed by atoms with Gasteiger partial charge in [0.2, 0.25) is 6.29 Å². The fourth-order valence-corrected chi connectivity index (χ4v) is 3.46. The SMILES string of the molecule is COC(=O)C1=COC(OC(=O)N2CCC2)C2C(C)CCC12. The van der Waals surface area contributed by atoms with Crippen molar-refractivity contribution in [3.63, 3.8) is 0 Å². The Morgan fingerprint density at radius 3 is 2.71 bits per heavy atom. The Morgan fingerprint density at radius 2 is 2.10 bits per heavy atom. The van der Waals surface area contributed by atoms with Crippen LogP contribution in [-0.2, 0) is 19.0 Å². The lowest BCUT2D eigenvalue weighted by molar-refractivity contribution is -0.148. The third kappa shape index (κ3) is 2.47. The zero-order chi connectivity index (χ0) is 15.0. The number of amides is 1. The summed E-state index contributed by atoms with van der Waals surface area (Å²) in [7, 11) is 1.37. The summed E-state index contributed by atoms with van der Waals surface area (Å²) in [6.07, 6.45) is 3.40. The molecule has 3 aliphatic rings. The molecule has 1 amide bonds. The van der Waals surface area contributed by atoms with Gasteiger partial charge >= 0.3 is 12.1 Å². The van der Waals surface area contributed by atoms with Crippen molar-refractivity contribution >= 4 is 12.1 Å². The summed E-state index contributed by atoms with van der Waals surface area (Å²) in [6, 6.07) is 0. The van der Waals surface area contributed by atoms with Crippen LogP contribution in [0.1, 0.15) is 26.2 Å². The number of nitrogens with zero attached hydrogens (tertiary/aromatic N) is 1. The van der Waals surface area contributed by atoms with Gasteiger partial charge in [-0.05, 0) is 25.2 Å². The lowest BCUT2D eigenvalue weighted by Gasteiger charge is -2.37. The smallest absolute Gasteiger partial charge is 0.412 e. The number of carbonyl (C=O) groups excluding carboxylic acids is 2. The van der Waals surface area contributed by atoms with E-state index in [0.29, 0.717) is 11.5 Å². The predicted octanol–water partition coefficient (Wildman–Crippen LogP) is 1.90. The van der Waals surface area contributed by atoms with Gasteiger partial charge < -0.3 is 19.1 Å². The summed E-state index contributed by atoms with van der Waals surface area (Å²) in [5.41, 5.74) is 0.558. The van der Waals surface area contributed by atoms with E-state index in [1.54, 1.807) is 4.90 Å². The molecule has 0 aromatic carbocycles. The molecule has 3 rings (SSSR count). The number of carbonyl (C=O) groups is 2. The molecule has 6 nitrogen and oxygen atoms in total. The molecule has 1 saturated heterocycles. The molecule has 2 heterocycles. The minimum absolute atomic E-state index is 0.0225. The first-order chi connectivity index (χ1) is 10.1. The largest absolute Gasteiger partial charge is 0.466 e. The highest BCUT2D eigenvalue weighted by molar-refractivity contribution is 5.89. The molecule has 4 atom stereocenters. The monoisotopic (exact) mass is 295 g/mol. The molecule has 0 N–H and O–H groups in total. The normalized spacial score (nSPS) is 34.2. The van der Waals surface area contributed by atoms with Crippen molar-refractivity contribution in [2.75, 3.05) is 20.2 Å². The number of likely N-dealkylation sites (tertiary alicyclic amines) is 1. The molecule has 116 valence electrons. The standard InChI is InChI=1S/C15H21NO5/c1-9-4-5-10-11(13(17)19-2)8-20-14(12(9)10)21-15(18)16-6-3-7-16/h8-10,12,14H,3-7H2,1-2H3. The molecule has 1 aliphatic carbocycles. The summed E-state index contributed by atoms with van der Waals surface area (Å²) in [6.45, 7) is 3.61. The summed E-state index contributed by atoms with van der Waals surface area (Å²) in [4.78, 5) is 25.5. The second-order valence-corrected chi connectivity index (χ2v) is 6.03. The molecular weight excluding hydrogens is 274 g/mol. The molecule has 2 fully saturated rings. The van der Waals surface area contributed by atoms with Crippen LogP contribution >= 0.6 is 0 Å². The number of ether oxygens (including phenoxy) is 3. The van der Waals surface area contributed by atoms with Gasteiger partial charge in [0.1, 0.15) is 0 Å². The van der Waals surface area contributed by atoms with Crippen molar-refractivity contribution in [3.05, 3.63) is 11.8 Å². The zero-order valence-electron chi connectivity index (χ0n) is 12.4. The molecule has 6 heteroatoms. The Labute approximate surface area is 124 Å². The van der Waals surface area contributed by atoms with Gasteiger partial charge in [0.05, 0.1) is 18.9 Å². The summed E-state index contributed by atoms with van der Waals surface area (Å²) >= 11 is 0. The number of rotatable bonds is 2. The van der Waals surface area contributed by atoms with Gasteiger partial charge in [-0.3, -0.25) is 0 Å². The van der Waals surface area contributed by atoms with E-state index in [0.717, 1.165) is 32.4 Å². The van der Waals surface area contributed by atoms with Crippen molar-refractivity contribution in [1.82, 2.24) is 4.90 Å². The molecule has 0 bridgehead atoms. The van der Waals surface area contributed by atoms with Crippen molar-refractivity contribution < 1.29 is 23.8 Å². The number of methoxy groups -OCH3 is 1. The Balaban J connectivity index is 1.74. The van der Waals surface area contributed by atoms with Crippen LogP contribution in [0.25, 0.3) is 0 Å². The lowest BCUT2D eigenvalue weighted by Crippen LogP contribution is -2.46. The molecule has 2 aliphatic heterocycles. The van der Waals surface area contributed by atoms with Crippen molar-refractivity contribution in [2.45, 2.75) is 32.5 Å². The van der Waals surface area contributed by atoms with Crippen LogP contribution < -0.4 is 0 Å². The maximum absolute atomic E-state index is 12.0. The topological polar surface area (TPSA) is 65.1 Å². The van der Waals surface area contributed by atoms with Crippen LogP contribution in [0.5, 0.6) is 0 Å². The number of esters is 1. The number of hydrogen-bond acceptors (Lipinski definition) is 5. The Morgan fingerprint density at radius 1 is 1.33 bits per heavy atom. The molecule has 0 aromatic rings. The third-order valence-electron chi connectivity index (χ3n) is 4.85. The highest BCUT2D eigenvalue weighted by atomic mass is 16.7. The van der Waals surface area contributed by atoms with Gasteiger partial charge in [0, 0.05) is 24.9 Å². The minimum Gasteiger partial charge on any atom is -0.466 e. The fourth-order valence-electron chi connectivity index (χ4n) is 3.46. The Bertz CT molecular complexity index is 471. The number of fused-ring (bicyclic) bond motifs is 1. The van der Waals surface area contributed by atoms with Crippen LogP contribution in [0.15, 0.2) is 11.8 Å². The van der Waals surface area contributed by atoms with Crippen molar-refractivity contribution in [1.29, 1.82) is 0 Å². The lowest BCUT2D eigenvalue weighted by atomic mass is 9.83. The van der Waals surface area contributed by atoms with Gasteiger partial charge in [-0.15, -0.1) is 0 Å². The average molecular weight is 295 g/mol. The van der Waals surface area contributed by atoms with E-state index >= 15 is 0 Å². The summed E-state index contributed by atoms with van der Waals surface area (Å²) in [5, 5.41) is 0.